The maximum absolute atomic E-state index is 12.3. The van der Waals surface area contributed by atoms with E-state index >= 15 is 0 Å². The predicted molar refractivity (Wildman–Crippen MR) is 90.9 cm³/mol. The lowest BCUT2D eigenvalue weighted by atomic mass is 9.81. The zero-order valence-corrected chi connectivity index (χ0v) is 14.1. The van der Waals surface area contributed by atoms with Crippen molar-refractivity contribution in [3.63, 3.8) is 0 Å². The molecule has 0 aliphatic carbocycles. The minimum Gasteiger partial charge on any atom is -0.480 e. The van der Waals surface area contributed by atoms with Gasteiger partial charge in [0.1, 0.15) is 5.54 Å². The summed E-state index contributed by atoms with van der Waals surface area (Å²) in [6.07, 6.45) is 3.23. The number of carboxylic acids is 1. The molecule has 2 rings (SSSR count). The second kappa shape index (κ2) is 7.71. The van der Waals surface area contributed by atoms with Crippen LogP contribution in [0, 0.1) is 4.91 Å². The Kier molecular flexibility index (Phi) is 5.89. The lowest BCUT2D eigenvalue weighted by Gasteiger charge is -2.43. The van der Waals surface area contributed by atoms with Crippen molar-refractivity contribution < 1.29 is 14.7 Å². The summed E-state index contributed by atoms with van der Waals surface area (Å²) in [7, 11) is 0. The molecule has 3 unspecified atom stereocenters. The number of pyridine rings is 1. The molecule has 0 bridgehead atoms. The van der Waals surface area contributed by atoms with Crippen LogP contribution in [0.25, 0.3) is 0 Å². The van der Waals surface area contributed by atoms with Gasteiger partial charge in [-0.1, -0.05) is 12.1 Å². The smallest absolute Gasteiger partial charge is 0.328 e. The normalized spacial score (nSPS) is 25.7. The molecular formula is C15H20N4O4S. The Bertz CT molecular complexity index is 615. The van der Waals surface area contributed by atoms with Gasteiger partial charge in [-0.2, -0.15) is 17.5 Å². The molecule has 1 aromatic rings. The van der Waals surface area contributed by atoms with Gasteiger partial charge >= 0.3 is 5.97 Å². The van der Waals surface area contributed by atoms with Crippen molar-refractivity contribution in [1.29, 1.82) is 0 Å². The van der Waals surface area contributed by atoms with E-state index in [1.165, 1.54) is 18.5 Å². The van der Waals surface area contributed by atoms with Crippen LogP contribution >= 0.6 is 12.6 Å². The summed E-state index contributed by atoms with van der Waals surface area (Å²) in [4.78, 5) is 41.4. The van der Waals surface area contributed by atoms with E-state index < -0.39 is 23.5 Å². The minimum absolute atomic E-state index is 0.151. The molecule has 1 saturated heterocycles. The van der Waals surface area contributed by atoms with E-state index in [1.807, 2.05) is 11.8 Å². The average Bonchev–Trinajstić information content (AvgIpc) is 2.59. The molecule has 24 heavy (non-hydrogen) atoms. The molecule has 2 heterocycles. The van der Waals surface area contributed by atoms with Gasteiger partial charge in [-0.15, -0.1) is 0 Å². The number of nitrogens with zero attached hydrogens (tertiary/aromatic N) is 3. The van der Waals surface area contributed by atoms with Crippen molar-refractivity contribution in [2.24, 2.45) is 5.18 Å². The maximum atomic E-state index is 12.3. The molecule has 9 heteroatoms. The second-order valence-electron chi connectivity index (χ2n) is 5.74. The summed E-state index contributed by atoms with van der Waals surface area (Å²) in [5.74, 6) is -1.90. The zero-order chi connectivity index (χ0) is 17.7. The Hall–Kier alpha value is -2.00. The summed E-state index contributed by atoms with van der Waals surface area (Å²) in [5.41, 5.74) is -1.21. The van der Waals surface area contributed by atoms with Crippen LogP contribution < -0.4 is 5.32 Å². The Balaban J connectivity index is 2.23. The van der Waals surface area contributed by atoms with Gasteiger partial charge in [0.05, 0.1) is 10.9 Å². The van der Waals surface area contributed by atoms with E-state index in [0.717, 1.165) is 6.54 Å². The summed E-state index contributed by atoms with van der Waals surface area (Å²) in [6.45, 7) is 3.19. The van der Waals surface area contributed by atoms with Gasteiger partial charge in [0, 0.05) is 25.4 Å². The number of aliphatic carboxylic acids is 1. The first kappa shape index (κ1) is 18.3. The third kappa shape index (κ3) is 3.73. The Morgan fingerprint density at radius 3 is 2.88 bits per heavy atom. The van der Waals surface area contributed by atoms with E-state index in [4.69, 9.17) is 0 Å². The van der Waals surface area contributed by atoms with Crippen LogP contribution in [0.3, 0.4) is 0 Å². The number of likely N-dealkylation sites (tertiary alicyclic amines) is 1. The first-order valence-corrected chi connectivity index (χ1v) is 8.15. The molecule has 0 aromatic carbocycles. The number of rotatable bonds is 6. The SMILES string of the molecule is CCN1CCC(N=O)(C(NC(=O)c2cccnc2)C(=O)O)CC1S. The van der Waals surface area contributed by atoms with Gasteiger partial charge in [0.15, 0.2) is 6.04 Å². The van der Waals surface area contributed by atoms with Crippen LogP contribution in [0.1, 0.15) is 30.1 Å². The van der Waals surface area contributed by atoms with Gasteiger partial charge in [0.25, 0.3) is 5.91 Å². The van der Waals surface area contributed by atoms with Crippen LogP contribution in [-0.2, 0) is 4.79 Å². The van der Waals surface area contributed by atoms with E-state index in [-0.39, 0.29) is 23.8 Å². The van der Waals surface area contributed by atoms with Crippen molar-refractivity contribution in [1.82, 2.24) is 15.2 Å². The van der Waals surface area contributed by atoms with Crippen molar-refractivity contribution in [3.8, 4) is 0 Å². The van der Waals surface area contributed by atoms with Crippen LogP contribution in [0.4, 0.5) is 0 Å². The fraction of sp³-hybridized carbons (Fsp3) is 0.533. The third-order valence-electron chi connectivity index (χ3n) is 4.36. The first-order chi connectivity index (χ1) is 11.4. The number of hydrogen-bond donors (Lipinski definition) is 3. The van der Waals surface area contributed by atoms with Crippen LogP contribution in [0.5, 0.6) is 0 Å². The number of carbonyl (C=O) groups excluding carboxylic acids is 1. The molecule has 1 aromatic heterocycles. The van der Waals surface area contributed by atoms with Gasteiger partial charge in [-0.05, 0) is 25.1 Å². The van der Waals surface area contributed by atoms with Gasteiger partial charge in [0.2, 0.25) is 0 Å². The largest absolute Gasteiger partial charge is 0.480 e. The summed E-state index contributed by atoms with van der Waals surface area (Å²) < 4.78 is 0. The number of thiol groups is 1. The average molecular weight is 352 g/mol. The maximum Gasteiger partial charge on any atom is 0.328 e. The highest BCUT2D eigenvalue weighted by Crippen LogP contribution is 2.35. The molecule has 1 aliphatic heterocycles. The summed E-state index contributed by atoms with van der Waals surface area (Å²) in [5, 5.41) is 14.8. The van der Waals surface area contributed by atoms with E-state index in [9.17, 15) is 19.6 Å². The molecule has 1 amide bonds. The molecule has 130 valence electrons. The number of carboxylic acid groups (broad SMARTS) is 1. The van der Waals surface area contributed by atoms with Crippen molar-refractivity contribution in [2.45, 2.75) is 36.7 Å². The number of nitrogens with one attached hydrogen (secondary N) is 1. The highest BCUT2D eigenvalue weighted by molar-refractivity contribution is 7.80. The zero-order valence-electron chi connectivity index (χ0n) is 13.3. The van der Waals surface area contributed by atoms with Crippen LogP contribution in [0.2, 0.25) is 0 Å². The molecule has 3 atom stereocenters. The van der Waals surface area contributed by atoms with Crippen molar-refractivity contribution in [2.75, 3.05) is 13.1 Å². The van der Waals surface area contributed by atoms with E-state index in [0.29, 0.717) is 6.54 Å². The number of nitroso groups, excluding NO2 is 1. The highest BCUT2D eigenvalue weighted by Gasteiger charge is 2.50. The van der Waals surface area contributed by atoms with Gasteiger partial charge in [-0.25, -0.2) is 4.79 Å². The molecule has 0 saturated carbocycles. The second-order valence-corrected chi connectivity index (χ2v) is 6.34. The number of carbonyl (C=O) groups is 2. The quantitative estimate of drug-likeness (QED) is 0.523. The fourth-order valence-electron chi connectivity index (χ4n) is 2.94. The number of piperidine rings is 1. The number of hydrogen-bond acceptors (Lipinski definition) is 7. The van der Waals surface area contributed by atoms with Crippen LogP contribution in [-0.4, -0.2) is 56.9 Å². The number of amides is 1. The molecule has 2 N–H and O–H groups in total. The van der Waals surface area contributed by atoms with Crippen molar-refractivity contribution >= 4 is 24.5 Å². The van der Waals surface area contributed by atoms with Gasteiger partial charge in [-0.3, -0.25) is 14.7 Å². The Labute approximate surface area is 145 Å². The van der Waals surface area contributed by atoms with Gasteiger partial charge < -0.3 is 10.4 Å². The third-order valence-corrected chi connectivity index (χ3v) is 4.87. The molecular weight excluding hydrogens is 332 g/mol. The monoisotopic (exact) mass is 352 g/mol. The van der Waals surface area contributed by atoms with Crippen LogP contribution in [0.15, 0.2) is 29.7 Å². The predicted octanol–water partition coefficient (Wildman–Crippen LogP) is 1.14. The Morgan fingerprint density at radius 2 is 2.38 bits per heavy atom. The first-order valence-electron chi connectivity index (χ1n) is 7.64. The molecule has 0 radical (unpaired) electrons. The lowest BCUT2D eigenvalue weighted by molar-refractivity contribution is -0.141. The summed E-state index contributed by atoms with van der Waals surface area (Å²) in [6, 6.07) is 1.67. The van der Waals surface area contributed by atoms with E-state index in [2.05, 4.69) is 28.1 Å². The molecule has 1 fully saturated rings. The topological polar surface area (TPSA) is 112 Å². The fourth-order valence-corrected chi connectivity index (χ4v) is 3.53. The number of aromatic nitrogens is 1. The molecule has 8 nitrogen and oxygen atoms in total. The highest BCUT2D eigenvalue weighted by atomic mass is 32.1. The van der Waals surface area contributed by atoms with Crippen molar-refractivity contribution in [3.05, 3.63) is 35.0 Å². The Morgan fingerprint density at radius 1 is 1.62 bits per heavy atom. The van der Waals surface area contributed by atoms with E-state index in [1.54, 1.807) is 6.07 Å². The minimum atomic E-state index is -1.43. The molecule has 0 spiro atoms. The lowest BCUT2D eigenvalue weighted by Crippen LogP contribution is -2.61. The summed E-state index contributed by atoms with van der Waals surface area (Å²) >= 11 is 4.44. The standard InChI is InChI=1S/C15H20N4O4S/c1-2-19-7-5-15(18-23,8-11(19)24)12(14(21)22)17-13(20)10-4-3-6-16-9-10/h3-4,6,9,11-12,24H,2,5,7-8H2,1H3,(H,17,20)(H,21,22). The molecule has 1 aliphatic rings.